The number of aromatic nitrogens is 4. The molecular weight excluding hydrogens is 470 g/mol. The summed E-state index contributed by atoms with van der Waals surface area (Å²) in [5, 5.41) is 7.74. The second kappa shape index (κ2) is 9.40. The third-order valence-electron chi connectivity index (χ3n) is 6.08. The van der Waals surface area contributed by atoms with Crippen molar-refractivity contribution in [2.45, 2.75) is 24.9 Å². The number of hydrogen-bond donors (Lipinski definition) is 1. The van der Waals surface area contributed by atoms with E-state index in [1.807, 2.05) is 42.5 Å². The van der Waals surface area contributed by atoms with Crippen molar-refractivity contribution in [2.75, 3.05) is 26.1 Å². The van der Waals surface area contributed by atoms with Crippen molar-refractivity contribution in [2.24, 2.45) is 0 Å². The lowest BCUT2D eigenvalue weighted by Crippen LogP contribution is -2.25. The van der Waals surface area contributed by atoms with Crippen molar-refractivity contribution in [3.63, 3.8) is 0 Å². The molecule has 0 spiro atoms. The molecule has 5 rings (SSSR count). The molecule has 0 saturated carbocycles. The lowest BCUT2D eigenvalue weighted by molar-refractivity contribution is -0.120. The van der Waals surface area contributed by atoms with Gasteiger partial charge in [0.05, 0.1) is 32.5 Å². The molecular formula is C25H24F2N6O3. The van der Waals surface area contributed by atoms with Gasteiger partial charge < -0.3 is 19.7 Å². The van der Waals surface area contributed by atoms with Crippen LogP contribution in [-0.4, -0.2) is 57.6 Å². The van der Waals surface area contributed by atoms with Gasteiger partial charge in [-0.25, -0.2) is 18.7 Å². The zero-order chi connectivity index (χ0) is 25.3. The number of amides is 1. The van der Waals surface area contributed by atoms with Gasteiger partial charge in [-0.3, -0.25) is 4.79 Å². The number of carbonyl (C=O) groups is 1. The van der Waals surface area contributed by atoms with E-state index in [1.54, 1.807) is 26.4 Å². The molecule has 2 aromatic carbocycles. The third kappa shape index (κ3) is 4.51. The first-order valence-electron chi connectivity index (χ1n) is 11.3. The van der Waals surface area contributed by atoms with E-state index in [0.29, 0.717) is 41.7 Å². The van der Waals surface area contributed by atoms with Gasteiger partial charge in [0.1, 0.15) is 11.5 Å². The summed E-state index contributed by atoms with van der Waals surface area (Å²) in [6.07, 6.45) is -0.118. The largest absolute Gasteiger partial charge is 0.497 e. The van der Waals surface area contributed by atoms with Crippen LogP contribution in [-0.2, 0) is 11.3 Å². The molecule has 0 aliphatic carbocycles. The standard InChI is InChI=1S/C25H24F2N6O3/c1-35-18-9-8-17(21(10-18)36-2)13-28-24-29-19(16-6-4-3-5-7-16)11-22-30-23(31-33(22)24)20-12-25(26,27)14-32(20)15-34/h3-11,15,20H,12-14H2,1-2H3,(H,28,29). The molecule has 1 unspecified atom stereocenters. The van der Waals surface area contributed by atoms with Crippen molar-refractivity contribution in [1.29, 1.82) is 0 Å². The fourth-order valence-electron chi connectivity index (χ4n) is 4.28. The number of methoxy groups -OCH3 is 2. The van der Waals surface area contributed by atoms with Crippen LogP contribution < -0.4 is 14.8 Å². The van der Waals surface area contributed by atoms with Gasteiger partial charge >= 0.3 is 0 Å². The zero-order valence-electron chi connectivity index (χ0n) is 19.7. The van der Waals surface area contributed by atoms with Crippen molar-refractivity contribution in [3.8, 4) is 22.8 Å². The van der Waals surface area contributed by atoms with E-state index in [1.165, 1.54) is 4.52 Å². The second-order valence-corrected chi connectivity index (χ2v) is 8.46. The number of likely N-dealkylation sites (tertiary alicyclic amines) is 1. The Morgan fingerprint density at radius 3 is 2.64 bits per heavy atom. The van der Waals surface area contributed by atoms with Gasteiger partial charge in [0, 0.05) is 36.2 Å². The highest BCUT2D eigenvalue weighted by Gasteiger charge is 2.46. The molecule has 0 radical (unpaired) electrons. The van der Waals surface area contributed by atoms with Crippen LogP contribution in [0.1, 0.15) is 23.9 Å². The van der Waals surface area contributed by atoms with Crippen LogP contribution in [0.2, 0.25) is 0 Å². The molecule has 11 heteroatoms. The van der Waals surface area contributed by atoms with Crippen LogP contribution in [0.15, 0.2) is 54.6 Å². The summed E-state index contributed by atoms with van der Waals surface area (Å²) in [6.45, 7) is -0.322. The summed E-state index contributed by atoms with van der Waals surface area (Å²) < 4.78 is 40.3. The zero-order valence-corrected chi connectivity index (χ0v) is 19.7. The van der Waals surface area contributed by atoms with Gasteiger partial charge in [-0.1, -0.05) is 30.3 Å². The van der Waals surface area contributed by atoms with Crippen LogP contribution in [0.5, 0.6) is 11.5 Å². The van der Waals surface area contributed by atoms with Crippen LogP contribution in [0, 0.1) is 0 Å². The number of anilines is 1. The summed E-state index contributed by atoms with van der Waals surface area (Å²) in [7, 11) is 3.15. The van der Waals surface area contributed by atoms with Crippen molar-refractivity contribution in [1.82, 2.24) is 24.5 Å². The van der Waals surface area contributed by atoms with Gasteiger partial charge in [0.2, 0.25) is 12.4 Å². The van der Waals surface area contributed by atoms with Crippen LogP contribution in [0.3, 0.4) is 0 Å². The molecule has 0 bridgehead atoms. The molecule has 36 heavy (non-hydrogen) atoms. The maximum Gasteiger partial charge on any atom is 0.267 e. The average molecular weight is 495 g/mol. The van der Waals surface area contributed by atoms with Crippen molar-refractivity contribution in [3.05, 3.63) is 66.0 Å². The van der Waals surface area contributed by atoms with Gasteiger partial charge in [0.25, 0.3) is 5.92 Å². The molecule has 1 aliphatic heterocycles. The van der Waals surface area contributed by atoms with Crippen LogP contribution in [0.4, 0.5) is 14.7 Å². The van der Waals surface area contributed by atoms with Gasteiger partial charge in [-0.15, -0.1) is 5.10 Å². The number of alkyl halides is 2. The van der Waals surface area contributed by atoms with Crippen molar-refractivity contribution < 1.29 is 23.0 Å². The number of rotatable bonds is 8. The number of halogens is 2. The van der Waals surface area contributed by atoms with Gasteiger partial charge in [0.15, 0.2) is 11.5 Å². The van der Waals surface area contributed by atoms with Crippen molar-refractivity contribution >= 4 is 18.0 Å². The maximum atomic E-state index is 14.1. The lowest BCUT2D eigenvalue weighted by Gasteiger charge is -2.15. The molecule has 1 atom stereocenters. The molecule has 1 amide bonds. The summed E-state index contributed by atoms with van der Waals surface area (Å²) >= 11 is 0. The first-order chi connectivity index (χ1) is 17.4. The molecule has 1 aliphatic rings. The Kier molecular flexibility index (Phi) is 6.13. The number of carbonyl (C=O) groups excluding carboxylic acids is 1. The summed E-state index contributed by atoms with van der Waals surface area (Å²) in [5.74, 6) is -1.20. The number of fused-ring (bicyclic) bond motifs is 1. The first-order valence-corrected chi connectivity index (χ1v) is 11.3. The van der Waals surface area contributed by atoms with E-state index in [0.717, 1.165) is 16.0 Å². The van der Waals surface area contributed by atoms with E-state index in [2.05, 4.69) is 15.4 Å². The minimum Gasteiger partial charge on any atom is -0.497 e. The average Bonchev–Trinajstić information content (AvgIpc) is 3.47. The molecule has 1 N–H and O–H groups in total. The predicted molar refractivity (Wildman–Crippen MR) is 128 cm³/mol. The predicted octanol–water partition coefficient (Wildman–Crippen LogP) is 3.96. The number of nitrogens with zero attached hydrogens (tertiary/aromatic N) is 5. The quantitative estimate of drug-likeness (QED) is 0.371. The fraction of sp³-hybridized carbons (Fsp3) is 0.280. The Balaban J connectivity index is 1.55. The normalized spacial score (nSPS) is 16.8. The molecule has 4 aromatic rings. The Morgan fingerprint density at radius 1 is 1.11 bits per heavy atom. The highest BCUT2D eigenvalue weighted by Crippen LogP contribution is 2.39. The first kappa shape index (κ1) is 23.5. The fourth-order valence-corrected chi connectivity index (χ4v) is 4.28. The topological polar surface area (TPSA) is 93.9 Å². The minimum atomic E-state index is -3.00. The summed E-state index contributed by atoms with van der Waals surface area (Å²) in [6, 6.07) is 15.8. The highest BCUT2D eigenvalue weighted by atomic mass is 19.3. The third-order valence-corrected chi connectivity index (χ3v) is 6.08. The van der Waals surface area contributed by atoms with E-state index < -0.39 is 24.9 Å². The monoisotopic (exact) mass is 494 g/mol. The molecule has 186 valence electrons. The number of hydrogen-bond acceptors (Lipinski definition) is 7. The van der Waals surface area contributed by atoms with Crippen LogP contribution >= 0.6 is 0 Å². The van der Waals surface area contributed by atoms with E-state index in [9.17, 15) is 13.6 Å². The summed E-state index contributed by atoms with van der Waals surface area (Å²) in [5.41, 5.74) is 2.76. The molecule has 1 saturated heterocycles. The molecule has 9 nitrogen and oxygen atoms in total. The highest BCUT2D eigenvalue weighted by molar-refractivity contribution is 5.66. The lowest BCUT2D eigenvalue weighted by atomic mass is 10.1. The summed E-state index contributed by atoms with van der Waals surface area (Å²) in [4.78, 5) is 21.7. The maximum absolute atomic E-state index is 14.1. The van der Waals surface area contributed by atoms with Crippen LogP contribution in [0.25, 0.3) is 16.9 Å². The number of nitrogens with one attached hydrogen (secondary N) is 1. The van der Waals surface area contributed by atoms with Gasteiger partial charge in [-0.2, -0.15) is 4.52 Å². The SMILES string of the molecule is COc1ccc(CNc2nc(-c3ccccc3)cc3nc(C4CC(F)(F)CN4C=O)nn23)c(OC)c1. The van der Waals surface area contributed by atoms with E-state index in [-0.39, 0.29) is 5.82 Å². The Hall–Kier alpha value is -4.28. The Bertz CT molecular complexity index is 1400. The molecule has 3 heterocycles. The number of benzene rings is 2. The van der Waals surface area contributed by atoms with E-state index in [4.69, 9.17) is 14.5 Å². The molecule has 1 fully saturated rings. The Labute approximate surface area is 205 Å². The Morgan fingerprint density at radius 2 is 1.92 bits per heavy atom. The second-order valence-electron chi connectivity index (χ2n) is 8.46. The van der Waals surface area contributed by atoms with Gasteiger partial charge in [-0.05, 0) is 12.1 Å². The van der Waals surface area contributed by atoms with E-state index >= 15 is 0 Å². The minimum absolute atomic E-state index is 0.136. The number of ether oxygens (including phenoxy) is 2. The molecule has 2 aromatic heterocycles. The smallest absolute Gasteiger partial charge is 0.267 e.